The molecule has 0 unspecified atom stereocenters. The lowest BCUT2D eigenvalue weighted by atomic mass is 10.1. The Labute approximate surface area is 152 Å². The van der Waals surface area contributed by atoms with Crippen molar-refractivity contribution in [2.24, 2.45) is 4.99 Å². The summed E-state index contributed by atoms with van der Waals surface area (Å²) in [6, 6.07) is 3.70. The first-order valence-electron chi connectivity index (χ1n) is 6.85. The number of carbonyl (C=O) groups excluding carboxylic acids is 1. The number of carbonyl (C=O) groups is 1. The number of hydrogen-bond acceptors (Lipinski definition) is 6. The van der Waals surface area contributed by atoms with E-state index in [4.69, 9.17) is 9.47 Å². The van der Waals surface area contributed by atoms with Crippen molar-refractivity contribution in [2.75, 3.05) is 19.5 Å². The molecule has 1 aromatic carbocycles. The predicted molar refractivity (Wildman–Crippen MR) is 103 cm³/mol. The second-order valence-corrected chi connectivity index (χ2v) is 7.45. The standard InChI is InChI=1S/C16H16BrNO3S2/c1-4-6-22-16-18-12(15(19)23-16)8-10-7-11(17)14(21-5-2)13(9-10)20-3/h4,7-9H,1,5-6H2,2-3H3. The molecule has 23 heavy (non-hydrogen) atoms. The largest absolute Gasteiger partial charge is 0.493 e. The van der Waals surface area contributed by atoms with Crippen molar-refractivity contribution in [1.82, 2.24) is 0 Å². The number of methoxy groups -OCH3 is 1. The van der Waals surface area contributed by atoms with Gasteiger partial charge in [0.2, 0.25) is 5.12 Å². The van der Waals surface area contributed by atoms with Gasteiger partial charge in [0.15, 0.2) is 11.5 Å². The molecule has 0 radical (unpaired) electrons. The molecule has 0 atom stereocenters. The van der Waals surface area contributed by atoms with E-state index in [0.717, 1.165) is 31.9 Å². The van der Waals surface area contributed by atoms with Gasteiger partial charge in [0, 0.05) is 5.75 Å². The Hall–Kier alpha value is -1.18. The molecule has 0 fully saturated rings. The van der Waals surface area contributed by atoms with Crippen LogP contribution >= 0.6 is 39.5 Å². The summed E-state index contributed by atoms with van der Waals surface area (Å²) in [6.45, 7) is 6.11. The van der Waals surface area contributed by atoms with Gasteiger partial charge in [0.25, 0.3) is 0 Å². The summed E-state index contributed by atoms with van der Waals surface area (Å²) in [6.07, 6.45) is 3.54. The van der Waals surface area contributed by atoms with E-state index in [1.807, 2.05) is 19.1 Å². The number of hydrogen-bond donors (Lipinski definition) is 0. The Morgan fingerprint density at radius 3 is 2.91 bits per heavy atom. The summed E-state index contributed by atoms with van der Waals surface area (Å²) in [5.41, 5.74) is 1.25. The molecule has 0 bridgehead atoms. The highest BCUT2D eigenvalue weighted by Gasteiger charge is 2.22. The number of benzene rings is 1. The van der Waals surface area contributed by atoms with E-state index in [-0.39, 0.29) is 5.12 Å². The second kappa shape index (κ2) is 8.61. The van der Waals surface area contributed by atoms with Crippen LogP contribution in [0, 0.1) is 0 Å². The molecule has 0 N–H and O–H groups in total. The Morgan fingerprint density at radius 1 is 1.48 bits per heavy atom. The third-order valence-electron chi connectivity index (χ3n) is 2.77. The lowest BCUT2D eigenvalue weighted by Crippen LogP contribution is -1.97. The lowest BCUT2D eigenvalue weighted by Gasteiger charge is -2.12. The topological polar surface area (TPSA) is 47.9 Å². The number of ether oxygens (including phenoxy) is 2. The minimum atomic E-state index is -0.0551. The Kier molecular flexibility index (Phi) is 6.80. The quantitative estimate of drug-likeness (QED) is 0.497. The van der Waals surface area contributed by atoms with Gasteiger partial charge in [-0.25, -0.2) is 4.99 Å². The van der Waals surface area contributed by atoms with Crippen molar-refractivity contribution in [3.8, 4) is 11.5 Å². The van der Waals surface area contributed by atoms with Crippen LogP contribution in [0.2, 0.25) is 0 Å². The fraction of sp³-hybridized carbons (Fsp3) is 0.250. The van der Waals surface area contributed by atoms with Gasteiger partial charge in [0.1, 0.15) is 10.1 Å². The Morgan fingerprint density at radius 2 is 2.26 bits per heavy atom. The average Bonchev–Trinajstić information content (AvgIpc) is 2.87. The number of halogens is 1. The van der Waals surface area contributed by atoms with Crippen LogP contribution in [0.25, 0.3) is 6.08 Å². The first-order chi connectivity index (χ1) is 11.1. The van der Waals surface area contributed by atoms with Crippen molar-refractivity contribution in [1.29, 1.82) is 0 Å². The van der Waals surface area contributed by atoms with Gasteiger partial charge in [-0.1, -0.05) is 17.8 Å². The zero-order chi connectivity index (χ0) is 16.8. The monoisotopic (exact) mass is 413 g/mol. The zero-order valence-corrected chi connectivity index (χ0v) is 16.0. The Bertz CT molecular complexity index is 686. The molecule has 0 spiro atoms. The molecule has 0 amide bonds. The van der Waals surface area contributed by atoms with E-state index < -0.39 is 0 Å². The molecule has 0 aromatic heterocycles. The predicted octanol–water partition coefficient (Wildman–Crippen LogP) is 4.75. The third-order valence-corrected chi connectivity index (χ3v) is 5.36. The van der Waals surface area contributed by atoms with Gasteiger partial charge in [-0.05, 0) is 58.4 Å². The maximum atomic E-state index is 12.0. The molecule has 4 nitrogen and oxygen atoms in total. The van der Waals surface area contributed by atoms with Gasteiger partial charge < -0.3 is 9.47 Å². The van der Waals surface area contributed by atoms with Crippen LogP contribution < -0.4 is 9.47 Å². The highest BCUT2D eigenvalue weighted by molar-refractivity contribution is 9.10. The summed E-state index contributed by atoms with van der Waals surface area (Å²) in [5, 5.41) is -0.0551. The van der Waals surface area contributed by atoms with Crippen LogP contribution in [-0.2, 0) is 4.79 Å². The zero-order valence-electron chi connectivity index (χ0n) is 12.8. The van der Waals surface area contributed by atoms with Gasteiger partial charge in [-0.3, -0.25) is 4.79 Å². The molecule has 122 valence electrons. The minimum Gasteiger partial charge on any atom is -0.493 e. The number of nitrogens with zero attached hydrogens (tertiary/aromatic N) is 1. The first kappa shape index (κ1) is 18.2. The van der Waals surface area contributed by atoms with Gasteiger partial charge in [0.05, 0.1) is 18.2 Å². The molecule has 1 aliphatic heterocycles. The van der Waals surface area contributed by atoms with Crippen LogP contribution in [0.3, 0.4) is 0 Å². The summed E-state index contributed by atoms with van der Waals surface area (Å²) in [5.74, 6) is 1.99. The van der Waals surface area contributed by atoms with Crippen LogP contribution in [0.4, 0.5) is 0 Å². The third kappa shape index (κ3) is 4.65. The van der Waals surface area contributed by atoms with E-state index in [9.17, 15) is 4.79 Å². The van der Waals surface area contributed by atoms with Crippen molar-refractivity contribution in [3.63, 3.8) is 0 Å². The van der Waals surface area contributed by atoms with Gasteiger partial charge >= 0.3 is 0 Å². The molecular formula is C16H16BrNO3S2. The highest BCUT2D eigenvalue weighted by atomic mass is 79.9. The van der Waals surface area contributed by atoms with Crippen molar-refractivity contribution < 1.29 is 14.3 Å². The SMILES string of the molecule is C=CCSC1=NC(=Cc2cc(Br)c(OCC)c(OC)c2)C(=O)S1. The van der Waals surface area contributed by atoms with Gasteiger partial charge in [-0.15, -0.1) is 6.58 Å². The van der Waals surface area contributed by atoms with E-state index in [1.165, 1.54) is 11.8 Å². The van der Waals surface area contributed by atoms with Crippen LogP contribution in [0.5, 0.6) is 11.5 Å². The van der Waals surface area contributed by atoms with E-state index in [2.05, 4.69) is 27.5 Å². The summed E-state index contributed by atoms with van der Waals surface area (Å²) >= 11 is 6.12. The van der Waals surface area contributed by atoms with Crippen LogP contribution in [-0.4, -0.2) is 29.0 Å². The molecule has 1 aromatic rings. The molecule has 0 saturated carbocycles. The van der Waals surface area contributed by atoms with Crippen molar-refractivity contribution >= 4 is 55.0 Å². The van der Waals surface area contributed by atoms with E-state index in [0.29, 0.717) is 23.8 Å². The van der Waals surface area contributed by atoms with Crippen LogP contribution in [0.1, 0.15) is 12.5 Å². The normalized spacial score (nSPS) is 15.7. The smallest absolute Gasteiger partial charge is 0.244 e. The fourth-order valence-electron chi connectivity index (χ4n) is 1.85. The number of thioether (sulfide) groups is 2. The molecule has 2 rings (SSSR count). The second-order valence-electron chi connectivity index (χ2n) is 4.36. The van der Waals surface area contributed by atoms with E-state index in [1.54, 1.807) is 19.3 Å². The average molecular weight is 414 g/mol. The molecule has 1 aliphatic rings. The number of rotatable bonds is 6. The maximum Gasteiger partial charge on any atom is 0.244 e. The highest BCUT2D eigenvalue weighted by Crippen LogP contribution is 2.38. The van der Waals surface area contributed by atoms with Crippen LogP contribution in [0.15, 0.2) is 39.9 Å². The molecule has 1 heterocycles. The van der Waals surface area contributed by atoms with Crippen molar-refractivity contribution in [3.05, 3.63) is 40.5 Å². The van der Waals surface area contributed by atoms with E-state index >= 15 is 0 Å². The number of aliphatic imine (C=N–C) groups is 1. The maximum absolute atomic E-state index is 12.0. The summed E-state index contributed by atoms with van der Waals surface area (Å²) in [7, 11) is 1.58. The first-order valence-corrected chi connectivity index (χ1v) is 9.45. The minimum absolute atomic E-state index is 0.0551. The summed E-state index contributed by atoms with van der Waals surface area (Å²) in [4.78, 5) is 16.4. The summed E-state index contributed by atoms with van der Waals surface area (Å²) < 4.78 is 12.4. The molecule has 0 aliphatic carbocycles. The molecule has 0 saturated heterocycles. The molecular weight excluding hydrogens is 398 g/mol. The Balaban J connectivity index is 2.31. The van der Waals surface area contributed by atoms with Crippen molar-refractivity contribution in [2.45, 2.75) is 6.92 Å². The molecule has 7 heteroatoms. The van der Waals surface area contributed by atoms with Gasteiger partial charge in [-0.2, -0.15) is 0 Å². The lowest BCUT2D eigenvalue weighted by molar-refractivity contribution is -0.107. The fourth-order valence-corrected chi connectivity index (χ4v) is 4.02.